The normalized spacial score (nSPS) is 14.2. The fraction of sp³-hybridized carbons (Fsp3) is 0.316. The van der Waals surface area contributed by atoms with Gasteiger partial charge in [0.2, 0.25) is 0 Å². The van der Waals surface area contributed by atoms with Gasteiger partial charge in [-0.25, -0.2) is 0 Å². The molecule has 4 heteroatoms. The lowest BCUT2D eigenvalue weighted by Gasteiger charge is -2.16. The molecule has 2 aromatic rings. The molecule has 1 N–H and O–H groups in total. The number of hydrogen-bond donors (Lipinski definition) is 1. The number of benzene rings is 2. The number of ether oxygens (including phenoxy) is 1. The molecule has 1 amide bonds. The molecule has 0 unspecified atom stereocenters. The number of fused-ring (bicyclic) bond motifs is 1. The molecule has 0 heterocycles. The summed E-state index contributed by atoms with van der Waals surface area (Å²) in [6.45, 7) is 1.95. The van der Waals surface area contributed by atoms with Crippen LogP contribution in [0.15, 0.2) is 42.5 Å². The average molecular weight is 330 g/mol. The van der Waals surface area contributed by atoms with Crippen molar-refractivity contribution in [2.75, 3.05) is 6.61 Å². The summed E-state index contributed by atoms with van der Waals surface area (Å²) in [5, 5.41) is 3.48. The molecule has 0 fully saturated rings. The highest BCUT2D eigenvalue weighted by Gasteiger charge is 2.15. The zero-order chi connectivity index (χ0) is 16.2. The maximum absolute atomic E-state index is 12.1. The van der Waals surface area contributed by atoms with Gasteiger partial charge in [0.15, 0.2) is 6.61 Å². The monoisotopic (exact) mass is 329 g/mol. The molecule has 1 aliphatic rings. The molecule has 0 spiro atoms. The number of rotatable bonds is 5. The zero-order valence-electron chi connectivity index (χ0n) is 13.1. The minimum Gasteiger partial charge on any atom is -0.482 e. The Bertz CT molecular complexity index is 714. The highest BCUT2D eigenvalue weighted by molar-refractivity contribution is 6.32. The fourth-order valence-corrected chi connectivity index (χ4v) is 3.12. The Kier molecular flexibility index (Phi) is 4.87. The van der Waals surface area contributed by atoms with Crippen LogP contribution in [0.25, 0.3) is 0 Å². The van der Waals surface area contributed by atoms with E-state index < -0.39 is 0 Å². The van der Waals surface area contributed by atoms with Gasteiger partial charge >= 0.3 is 0 Å². The van der Waals surface area contributed by atoms with Crippen LogP contribution in [0, 0.1) is 0 Å². The summed E-state index contributed by atoms with van der Waals surface area (Å²) in [5.74, 6) is 0.368. The number of amides is 1. The van der Waals surface area contributed by atoms with Crippen LogP contribution in [0.1, 0.15) is 36.1 Å². The Labute approximate surface area is 141 Å². The van der Waals surface area contributed by atoms with Crippen molar-refractivity contribution < 1.29 is 9.53 Å². The predicted molar refractivity (Wildman–Crippen MR) is 92.0 cm³/mol. The van der Waals surface area contributed by atoms with Crippen LogP contribution in [0.3, 0.4) is 0 Å². The van der Waals surface area contributed by atoms with Gasteiger partial charge in [-0.1, -0.05) is 41.9 Å². The molecule has 0 radical (unpaired) electrons. The van der Waals surface area contributed by atoms with Gasteiger partial charge in [0.25, 0.3) is 5.91 Å². The second kappa shape index (κ2) is 7.05. The lowest BCUT2D eigenvalue weighted by Crippen LogP contribution is -2.31. The first-order valence-corrected chi connectivity index (χ1v) is 8.29. The van der Waals surface area contributed by atoms with Crippen molar-refractivity contribution in [3.63, 3.8) is 0 Å². The molecule has 0 aromatic heterocycles. The highest BCUT2D eigenvalue weighted by Crippen LogP contribution is 2.25. The van der Waals surface area contributed by atoms with Gasteiger partial charge in [-0.3, -0.25) is 4.79 Å². The van der Waals surface area contributed by atoms with Gasteiger partial charge in [0, 0.05) is 0 Å². The van der Waals surface area contributed by atoms with Crippen LogP contribution in [0.4, 0.5) is 0 Å². The van der Waals surface area contributed by atoms with Gasteiger partial charge in [-0.05, 0) is 55.0 Å². The molecule has 3 nitrogen and oxygen atoms in total. The standard InChI is InChI=1S/C19H20ClNO2/c1-13(15-10-9-14-5-4-6-16(14)11-15)21-19(22)12-23-18-8-3-2-7-17(18)20/h2-3,7-11,13H,4-6,12H2,1H3,(H,21,22)/t13-/m1/s1. The van der Waals surface area contributed by atoms with Gasteiger partial charge in [0.1, 0.15) is 5.75 Å². The summed E-state index contributed by atoms with van der Waals surface area (Å²) in [6.07, 6.45) is 3.53. The Morgan fingerprint density at radius 3 is 2.83 bits per heavy atom. The van der Waals surface area contributed by atoms with Crippen molar-refractivity contribution >= 4 is 17.5 Å². The Morgan fingerprint density at radius 2 is 2.00 bits per heavy atom. The molecule has 0 saturated heterocycles. The van der Waals surface area contributed by atoms with Crippen LogP contribution in [-0.4, -0.2) is 12.5 Å². The van der Waals surface area contributed by atoms with E-state index in [-0.39, 0.29) is 18.6 Å². The maximum Gasteiger partial charge on any atom is 0.258 e. The lowest BCUT2D eigenvalue weighted by atomic mass is 10.0. The van der Waals surface area contributed by atoms with E-state index in [1.807, 2.05) is 19.1 Å². The summed E-state index contributed by atoms with van der Waals surface area (Å²) in [7, 11) is 0. The number of aryl methyl sites for hydroxylation is 2. The predicted octanol–water partition coefficient (Wildman–Crippen LogP) is 4.08. The molecule has 0 saturated carbocycles. The molecule has 0 aliphatic heterocycles. The fourth-order valence-electron chi connectivity index (χ4n) is 2.93. The number of hydrogen-bond acceptors (Lipinski definition) is 2. The lowest BCUT2D eigenvalue weighted by molar-refractivity contribution is -0.123. The van der Waals surface area contributed by atoms with Gasteiger partial charge in [-0.2, -0.15) is 0 Å². The van der Waals surface area contributed by atoms with Crippen molar-refractivity contribution in [3.05, 3.63) is 64.2 Å². The average Bonchev–Trinajstić information content (AvgIpc) is 3.01. The second-order valence-corrected chi connectivity index (χ2v) is 6.30. The summed E-state index contributed by atoms with van der Waals surface area (Å²) < 4.78 is 5.47. The number of para-hydroxylation sites is 1. The summed E-state index contributed by atoms with van der Waals surface area (Å²) in [4.78, 5) is 12.1. The van der Waals surface area contributed by atoms with Crippen LogP contribution in [0.2, 0.25) is 5.02 Å². The first kappa shape index (κ1) is 15.9. The third-order valence-corrected chi connectivity index (χ3v) is 4.51. The van der Waals surface area contributed by atoms with Crippen molar-refractivity contribution in [1.82, 2.24) is 5.32 Å². The Balaban J connectivity index is 1.56. The Morgan fingerprint density at radius 1 is 1.22 bits per heavy atom. The SMILES string of the molecule is C[C@@H](NC(=O)COc1ccccc1Cl)c1ccc2c(c1)CCC2. The molecule has 1 atom stereocenters. The van der Waals surface area contributed by atoms with Crippen LogP contribution in [0.5, 0.6) is 5.75 Å². The molecule has 1 aliphatic carbocycles. The zero-order valence-corrected chi connectivity index (χ0v) is 13.9. The van der Waals surface area contributed by atoms with E-state index >= 15 is 0 Å². The van der Waals surface area contributed by atoms with Crippen molar-refractivity contribution in [1.29, 1.82) is 0 Å². The van der Waals surface area contributed by atoms with Gasteiger partial charge in [-0.15, -0.1) is 0 Å². The maximum atomic E-state index is 12.1. The molecule has 2 aromatic carbocycles. The third kappa shape index (κ3) is 3.85. The van der Waals surface area contributed by atoms with E-state index in [2.05, 4.69) is 23.5 Å². The number of carbonyl (C=O) groups is 1. The van der Waals surface area contributed by atoms with E-state index in [0.717, 1.165) is 12.0 Å². The quantitative estimate of drug-likeness (QED) is 0.897. The number of halogens is 1. The van der Waals surface area contributed by atoms with Gasteiger partial charge < -0.3 is 10.1 Å². The third-order valence-electron chi connectivity index (χ3n) is 4.20. The van der Waals surface area contributed by atoms with E-state index in [1.54, 1.807) is 12.1 Å². The van der Waals surface area contributed by atoms with E-state index in [1.165, 1.54) is 24.0 Å². The highest BCUT2D eigenvalue weighted by atomic mass is 35.5. The molecular formula is C19H20ClNO2. The smallest absolute Gasteiger partial charge is 0.258 e. The van der Waals surface area contributed by atoms with E-state index in [0.29, 0.717) is 10.8 Å². The van der Waals surface area contributed by atoms with Crippen molar-refractivity contribution in [3.8, 4) is 5.75 Å². The molecule has 120 valence electrons. The van der Waals surface area contributed by atoms with Crippen LogP contribution in [-0.2, 0) is 17.6 Å². The van der Waals surface area contributed by atoms with Crippen LogP contribution < -0.4 is 10.1 Å². The number of carbonyl (C=O) groups excluding carboxylic acids is 1. The van der Waals surface area contributed by atoms with Crippen molar-refractivity contribution in [2.24, 2.45) is 0 Å². The molecule has 3 rings (SSSR count). The first-order chi connectivity index (χ1) is 11.1. The van der Waals surface area contributed by atoms with Crippen molar-refractivity contribution in [2.45, 2.75) is 32.2 Å². The minimum absolute atomic E-state index is 0.0387. The molecule has 0 bridgehead atoms. The second-order valence-electron chi connectivity index (χ2n) is 5.89. The minimum atomic E-state index is -0.155. The molecule has 23 heavy (non-hydrogen) atoms. The Hall–Kier alpha value is -2.00. The summed E-state index contributed by atoms with van der Waals surface area (Å²) in [6, 6.07) is 13.6. The van der Waals surface area contributed by atoms with E-state index in [9.17, 15) is 4.79 Å². The number of nitrogens with one attached hydrogen (secondary N) is 1. The van der Waals surface area contributed by atoms with Crippen LogP contribution >= 0.6 is 11.6 Å². The summed E-state index contributed by atoms with van der Waals surface area (Å²) in [5.41, 5.74) is 3.99. The molecular weight excluding hydrogens is 310 g/mol. The van der Waals surface area contributed by atoms with E-state index in [4.69, 9.17) is 16.3 Å². The topological polar surface area (TPSA) is 38.3 Å². The van der Waals surface area contributed by atoms with Gasteiger partial charge in [0.05, 0.1) is 11.1 Å². The first-order valence-electron chi connectivity index (χ1n) is 7.92. The summed E-state index contributed by atoms with van der Waals surface area (Å²) >= 11 is 6.01. The largest absolute Gasteiger partial charge is 0.482 e.